The van der Waals surface area contributed by atoms with Crippen molar-refractivity contribution < 1.29 is 9.59 Å². The van der Waals surface area contributed by atoms with Crippen LogP contribution in [0, 0.1) is 0 Å². The van der Waals surface area contributed by atoms with Gasteiger partial charge in [0, 0.05) is 17.9 Å². The van der Waals surface area contributed by atoms with Gasteiger partial charge in [-0.2, -0.15) is 0 Å². The number of imide groups is 1. The standard InChI is InChI=1S/C12H14BrN3O2/c1-16-11(17)5-4-9(12(16)18)15-10-6-7(13)2-3-8(10)14/h2-3,6,9,15H,4-5,14H2,1H3. The molecule has 18 heavy (non-hydrogen) atoms. The molecular formula is C12H14BrN3O2. The number of nitrogen functional groups attached to an aromatic ring is 1. The first-order valence-electron chi connectivity index (χ1n) is 5.61. The van der Waals surface area contributed by atoms with Crippen LogP contribution in [0.2, 0.25) is 0 Å². The lowest BCUT2D eigenvalue weighted by Crippen LogP contribution is -2.48. The molecule has 0 bridgehead atoms. The molecule has 1 fully saturated rings. The lowest BCUT2D eigenvalue weighted by Gasteiger charge is -2.29. The SMILES string of the molecule is CN1C(=O)CCC(Nc2cc(Br)ccc2N)C1=O. The second-order valence-electron chi connectivity index (χ2n) is 4.26. The number of nitrogens with one attached hydrogen (secondary N) is 1. The van der Waals surface area contributed by atoms with Crippen LogP contribution in [0.4, 0.5) is 11.4 Å². The van der Waals surface area contributed by atoms with Gasteiger partial charge < -0.3 is 11.1 Å². The van der Waals surface area contributed by atoms with Crippen molar-refractivity contribution in [1.29, 1.82) is 0 Å². The van der Waals surface area contributed by atoms with Gasteiger partial charge in [-0.25, -0.2) is 0 Å². The van der Waals surface area contributed by atoms with Crippen LogP contribution in [0.15, 0.2) is 22.7 Å². The van der Waals surface area contributed by atoms with Crippen LogP contribution in [0.1, 0.15) is 12.8 Å². The van der Waals surface area contributed by atoms with Crippen molar-refractivity contribution in [2.75, 3.05) is 18.1 Å². The number of hydrogen-bond acceptors (Lipinski definition) is 4. The van der Waals surface area contributed by atoms with Gasteiger partial charge in [-0.05, 0) is 24.6 Å². The molecule has 0 spiro atoms. The Morgan fingerprint density at radius 3 is 2.89 bits per heavy atom. The molecule has 96 valence electrons. The molecule has 5 nitrogen and oxygen atoms in total. The summed E-state index contributed by atoms with van der Waals surface area (Å²) in [6.45, 7) is 0. The first kappa shape index (κ1) is 12.9. The van der Waals surface area contributed by atoms with Crippen LogP contribution in [0.5, 0.6) is 0 Å². The summed E-state index contributed by atoms with van der Waals surface area (Å²) >= 11 is 3.35. The summed E-state index contributed by atoms with van der Waals surface area (Å²) in [5, 5.41) is 3.09. The number of halogens is 1. The normalized spacial score (nSPS) is 20.1. The van der Waals surface area contributed by atoms with Crippen LogP contribution < -0.4 is 11.1 Å². The third-order valence-electron chi connectivity index (χ3n) is 2.99. The predicted octanol–water partition coefficient (Wildman–Crippen LogP) is 1.59. The molecule has 3 N–H and O–H groups in total. The molecular weight excluding hydrogens is 298 g/mol. The summed E-state index contributed by atoms with van der Waals surface area (Å²) in [5.41, 5.74) is 7.11. The second kappa shape index (κ2) is 4.97. The van der Waals surface area contributed by atoms with E-state index in [1.54, 1.807) is 6.07 Å². The molecule has 1 aromatic rings. The summed E-state index contributed by atoms with van der Waals surface area (Å²) in [5.74, 6) is -0.356. The number of nitrogens with zero attached hydrogens (tertiary/aromatic N) is 1. The van der Waals surface area contributed by atoms with Crippen molar-refractivity contribution >= 4 is 39.1 Å². The van der Waals surface area contributed by atoms with E-state index in [1.807, 2.05) is 12.1 Å². The monoisotopic (exact) mass is 311 g/mol. The lowest BCUT2D eigenvalue weighted by atomic mass is 10.0. The molecule has 0 saturated carbocycles. The third-order valence-corrected chi connectivity index (χ3v) is 3.49. The van der Waals surface area contributed by atoms with E-state index in [0.29, 0.717) is 24.2 Å². The van der Waals surface area contributed by atoms with E-state index in [1.165, 1.54) is 7.05 Å². The molecule has 1 aliphatic rings. The fourth-order valence-corrected chi connectivity index (χ4v) is 2.25. The maximum atomic E-state index is 11.9. The van der Waals surface area contributed by atoms with Crippen molar-refractivity contribution in [1.82, 2.24) is 4.90 Å². The zero-order valence-electron chi connectivity index (χ0n) is 9.94. The molecule has 1 saturated heterocycles. The van der Waals surface area contributed by atoms with Gasteiger partial charge in [0.15, 0.2) is 0 Å². The van der Waals surface area contributed by atoms with Crippen molar-refractivity contribution in [2.45, 2.75) is 18.9 Å². The van der Waals surface area contributed by atoms with Gasteiger partial charge in [-0.3, -0.25) is 14.5 Å². The smallest absolute Gasteiger partial charge is 0.251 e. The summed E-state index contributed by atoms with van der Waals surface area (Å²) in [6.07, 6.45) is 0.863. The number of hydrogen-bond donors (Lipinski definition) is 2. The van der Waals surface area contributed by atoms with Crippen molar-refractivity contribution in [3.63, 3.8) is 0 Å². The largest absolute Gasteiger partial charge is 0.397 e. The van der Waals surface area contributed by atoms with Gasteiger partial charge in [0.2, 0.25) is 5.91 Å². The van der Waals surface area contributed by atoms with Crippen molar-refractivity contribution in [2.24, 2.45) is 0 Å². The van der Waals surface area contributed by atoms with Crippen molar-refractivity contribution in [3.05, 3.63) is 22.7 Å². The number of likely N-dealkylation sites (N-methyl/N-ethyl adjacent to an activating group) is 1. The Bertz CT molecular complexity index is 504. The van der Waals surface area contributed by atoms with E-state index in [9.17, 15) is 9.59 Å². The zero-order chi connectivity index (χ0) is 13.3. The molecule has 2 rings (SSSR count). The van der Waals surface area contributed by atoms with E-state index < -0.39 is 6.04 Å². The Kier molecular flexibility index (Phi) is 3.56. The maximum absolute atomic E-state index is 11.9. The van der Waals surface area contributed by atoms with Crippen LogP contribution in [0.3, 0.4) is 0 Å². The van der Waals surface area contributed by atoms with Crippen LogP contribution in [-0.2, 0) is 9.59 Å². The summed E-state index contributed by atoms with van der Waals surface area (Å²) < 4.78 is 0.881. The lowest BCUT2D eigenvalue weighted by molar-refractivity contribution is -0.146. The van der Waals surface area contributed by atoms with Crippen LogP contribution >= 0.6 is 15.9 Å². The van der Waals surface area contributed by atoms with Gasteiger partial charge >= 0.3 is 0 Å². The summed E-state index contributed by atoms with van der Waals surface area (Å²) in [4.78, 5) is 24.5. The molecule has 6 heteroatoms. The number of rotatable bonds is 2. The van der Waals surface area contributed by atoms with Gasteiger partial charge in [-0.15, -0.1) is 0 Å². The number of benzene rings is 1. The molecule has 0 aliphatic carbocycles. The van der Waals surface area contributed by atoms with E-state index in [2.05, 4.69) is 21.2 Å². The number of carbonyl (C=O) groups excluding carboxylic acids is 2. The maximum Gasteiger partial charge on any atom is 0.251 e. The average molecular weight is 312 g/mol. The van der Waals surface area contributed by atoms with Gasteiger partial charge in [-0.1, -0.05) is 15.9 Å². The topological polar surface area (TPSA) is 75.4 Å². The number of amides is 2. The molecule has 1 heterocycles. The average Bonchev–Trinajstić information content (AvgIpc) is 2.34. The van der Waals surface area contributed by atoms with Crippen LogP contribution in [0.25, 0.3) is 0 Å². The molecule has 2 amide bonds. The Labute approximate surface area is 113 Å². The van der Waals surface area contributed by atoms with E-state index in [-0.39, 0.29) is 11.8 Å². The molecule has 1 atom stereocenters. The highest BCUT2D eigenvalue weighted by molar-refractivity contribution is 9.10. The van der Waals surface area contributed by atoms with Gasteiger partial charge in [0.05, 0.1) is 11.4 Å². The van der Waals surface area contributed by atoms with Crippen LogP contribution in [-0.4, -0.2) is 29.8 Å². The van der Waals surface area contributed by atoms with E-state index in [0.717, 1.165) is 9.37 Å². The third kappa shape index (κ3) is 2.48. The summed E-state index contributed by atoms with van der Waals surface area (Å²) in [7, 11) is 1.50. The van der Waals surface area contributed by atoms with E-state index in [4.69, 9.17) is 5.73 Å². The highest BCUT2D eigenvalue weighted by Crippen LogP contribution is 2.26. The highest BCUT2D eigenvalue weighted by atomic mass is 79.9. The summed E-state index contributed by atoms with van der Waals surface area (Å²) in [6, 6.07) is 5.01. The fraction of sp³-hybridized carbons (Fsp3) is 0.333. The Morgan fingerprint density at radius 2 is 2.17 bits per heavy atom. The number of anilines is 2. The quantitative estimate of drug-likeness (QED) is 0.642. The van der Waals surface area contributed by atoms with Gasteiger partial charge in [0.1, 0.15) is 6.04 Å². The fourth-order valence-electron chi connectivity index (χ4n) is 1.89. The molecule has 1 aliphatic heterocycles. The minimum absolute atomic E-state index is 0.139. The first-order chi connectivity index (χ1) is 8.49. The second-order valence-corrected chi connectivity index (χ2v) is 5.17. The van der Waals surface area contributed by atoms with Crippen molar-refractivity contribution in [3.8, 4) is 0 Å². The molecule has 1 aromatic carbocycles. The number of nitrogens with two attached hydrogens (primary N) is 1. The zero-order valence-corrected chi connectivity index (χ0v) is 11.5. The number of carbonyl (C=O) groups is 2. The Morgan fingerprint density at radius 1 is 1.44 bits per heavy atom. The highest BCUT2D eigenvalue weighted by Gasteiger charge is 2.31. The molecule has 0 radical (unpaired) electrons. The minimum Gasteiger partial charge on any atom is -0.397 e. The molecule has 0 aromatic heterocycles. The van der Waals surface area contributed by atoms with Gasteiger partial charge in [0.25, 0.3) is 5.91 Å². The molecule has 1 unspecified atom stereocenters. The first-order valence-corrected chi connectivity index (χ1v) is 6.40. The predicted molar refractivity (Wildman–Crippen MR) is 73.0 cm³/mol. The number of piperidine rings is 1. The Hall–Kier alpha value is -1.56. The minimum atomic E-state index is -0.399. The van der Waals surface area contributed by atoms with E-state index >= 15 is 0 Å². The number of likely N-dealkylation sites (tertiary alicyclic amines) is 1. The Balaban J connectivity index is 2.16.